The van der Waals surface area contributed by atoms with Gasteiger partial charge < -0.3 is 30.0 Å². The van der Waals surface area contributed by atoms with Crippen LogP contribution in [0.25, 0.3) is 22.2 Å². The van der Waals surface area contributed by atoms with Crippen molar-refractivity contribution < 1.29 is 19.1 Å². The maximum atomic E-state index is 13.1. The van der Waals surface area contributed by atoms with Gasteiger partial charge in [-0.25, -0.2) is 9.59 Å². The number of nitriles is 1. The summed E-state index contributed by atoms with van der Waals surface area (Å²) in [7, 11) is 0. The molecule has 34 heavy (non-hydrogen) atoms. The Bertz CT molecular complexity index is 1290. The van der Waals surface area contributed by atoms with Crippen LogP contribution in [-0.2, 0) is 6.54 Å². The van der Waals surface area contributed by atoms with E-state index < -0.39 is 6.09 Å². The number of benzene rings is 2. The van der Waals surface area contributed by atoms with E-state index in [1.54, 1.807) is 0 Å². The minimum absolute atomic E-state index is 0.0147. The van der Waals surface area contributed by atoms with E-state index in [4.69, 9.17) is 20.5 Å². The van der Waals surface area contributed by atoms with Crippen LogP contribution in [0.5, 0.6) is 11.8 Å². The van der Waals surface area contributed by atoms with Gasteiger partial charge in [0.2, 0.25) is 0 Å². The second kappa shape index (κ2) is 8.94. The fourth-order valence-corrected chi connectivity index (χ4v) is 4.45. The van der Waals surface area contributed by atoms with Crippen molar-refractivity contribution in [3.8, 4) is 29.0 Å². The first-order valence-corrected chi connectivity index (χ1v) is 11.2. The maximum Gasteiger partial charge on any atom is 0.412 e. The van der Waals surface area contributed by atoms with E-state index >= 15 is 0 Å². The highest BCUT2D eigenvalue weighted by Crippen LogP contribution is 2.31. The number of urea groups is 1. The van der Waals surface area contributed by atoms with E-state index in [0.29, 0.717) is 43.8 Å². The number of amides is 3. The molecule has 1 saturated heterocycles. The molecule has 10 heteroatoms. The summed E-state index contributed by atoms with van der Waals surface area (Å²) >= 11 is 0. The van der Waals surface area contributed by atoms with Crippen molar-refractivity contribution in [3.05, 3.63) is 42.0 Å². The maximum absolute atomic E-state index is 13.1. The smallest absolute Gasteiger partial charge is 0.412 e. The molecule has 0 unspecified atom stereocenters. The van der Waals surface area contributed by atoms with Gasteiger partial charge in [-0.3, -0.25) is 0 Å². The Morgan fingerprint density at radius 1 is 1.12 bits per heavy atom. The summed E-state index contributed by atoms with van der Waals surface area (Å²) in [5, 5.41) is 9.11. The van der Waals surface area contributed by atoms with Crippen LogP contribution >= 0.6 is 0 Å². The molecule has 3 aromatic rings. The lowest BCUT2D eigenvalue weighted by atomic mass is 9.99. The largest absolute Gasteiger partial charge is 0.491 e. The van der Waals surface area contributed by atoms with Gasteiger partial charge in [0.1, 0.15) is 12.4 Å². The Balaban J connectivity index is 1.37. The number of rotatable bonds is 2. The van der Waals surface area contributed by atoms with Crippen molar-refractivity contribution in [3.63, 3.8) is 0 Å². The van der Waals surface area contributed by atoms with Crippen molar-refractivity contribution in [1.82, 2.24) is 19.8 Å². The van der Waals surface area contributed by atoms with E-state index in [9.17, 15) is 9.59 Å². The number of aromatic nitrogens is 2. The van der Waals surface area contributed by atoms with E-state index in [0.717, 1.165) is 35.3 Å². The lowest BCUT2D eigenvalue weighted by molar-refractivity contribution is 0.132. The number of nitrogens with two attached hydrogens (primary N) is 1. The van der Waals surface area contributed by atoms with Crippen molar-refractivity contribution in [2.45, 2.75) is 19.4 Å². The molecule has 3 heterocycles. The number of primary amides is 1. The van der Waals surface area contributed by atoms with Gasteiger partial charge in [0.15, 0.2) is 0 Å². The average Bonchev–Trinajstić information content (AvgIpc) is 3.11. The van der Waals surface area contributed by atoms with Gasteiger partial charge in [0, 0.05) is 24.6 Å². The number of carbonyl (C=O) groups is 2. The fraction of sp³-hybridized carbons (Fsp3) is 0.333. The van der Waals surface area contributed by atoms with E-state index in [-0.39, 0.29) is 18.0 Å². The molecule has 1 aromatic heterocycles. The highest BCUT2D eigenvalue weighted by molar-refractivity contribution is 5.83. The Labute approximate surface area is 195 Å². The minimum Gasteiger partial charge on any atom is -0.491 e. The molecule has 2 aliphatic heterocycles. The van der Waals surface area contributed by atoms with Crippen LogP contribution in [0.2, 0.25) is 0 Å². The Morgan fingerprint density at radius 2 is 1.88 bits per heavy atom. The van der Waals surface area contributed by atoms with Crippen molar-refractivity contribution in [2.24, 2.45) is 11.7 Å². The number of likely N-dealkylation sites (tertiary alicyclic amines) is 1. The fourth-order valence-electron chi connectivity index (χ4n) is 4.45. The second-order valence-corrected chi connectivity index (χ2v) is 8.46. The summed E-state index contributed by atoms with van der Waals surface area (Å²) in [4.78, 5) is 34.9. The molecule has 0 aliphatic carbocycles. The highest BCUT2D eigenvalue weighted by atomic mass is 16.6. The van der Waals surface area contributed by atoms with Crippen LogP contribution in [0.15, 0.2) is 36.4 Å². The average molecular weight is 460 g/mol. The van der Waals surface area contributed by atoms with E-state index in [1.165, 1.54) is 0 Å². The molecule has 0 spiro atoms. The number of hydrogen-bond acceptors (Lipinski definition) is 6. The van der Waals surface area contributed by atoms with Gasteiger partial charge in [-0.2, -0.15) is 10.2 Å². The van der Waals surface area contributed by atoms with Crippen molar-refractivity contribution in [2.75, 3.05) is 26.2 Å². The van der Waals surface area contributed by atoms with Gasteiger partial charge in [0.05, 0.1) is 30.2 Å². The Kier molecular flexibility index (Phi) is 5.67. The number of piperidine rings is 1. The van der Waals surface area contributed by atoms with Gasteiger partial charge >= 0.3 is 18.1 Å². The predicted octanol–water partition coefficient (Wildman–Crippen LogP) is 3.24. The molecule has 2 aromatic carbocycles. The van der Waals surface area contributed by atoms with Crippen LogP contribution in [0.4, 0.5) is 9.59 Å². The van der Waals surface area contributed by atoms with Crippen molar-refractivity contribution >= 4 is 23.2 Å². The molecular weight excluding hydrogens is 436 g/mol. The molecule has 2 aliphatic rings. The van der Waals surface area contributed by atoms with Crippen LogP contribution in [0, 0.1) is 17.2 Å². The zero-order valence-electron chi connectivity index (χ0n) is 18.5. The number of carbonyl (C=O) groups excluding carboxylic acids is 2. The third-order valence-corrected chi connectivity index (χ3v) is 6.25. The molecule has 1 fully saturated rings. The summed E-state index contributed by atoms with van der Waals surface area (Å²) in [6, 6.07) is 13.9. The Hall–Kier alpha value is -4.26. The zero-order chi connectivity index (χ0) is 23.7. The molecule has 10 nitrogen and oxygen atoms in total. The SMILES string of the molecule is N#CC1CCN(C(=O)N2CCOc3ccc(-c4ccc5nc(OC(N)=O)[nH]c5c4)cc3C2)CC1. The molecule has 5 rings (SSSR count). The molecular formula is C24H24N6O4. The molecule has 0 radical (unpaired) electrons. The lowest BCUT2D eigenvalue weighted by Gasteiger charge is -2.33. The third-order valence-electron chi connectivity index (χ3n) is 6.25. The molecule has 0 atom stereocenters. The number of H-pyrrole nitrogens is 1. The number of nitrogens with zero attached hydrogens (tertiary/aromatic N) is 4. The summed E-state index contributed by atoms with van der Waals surface area (Å²) in [5.41, 5.74) is 9.24. The Morgan fingerprint density at radius 3 is 2.65 bits per heavy atom. The predicted molar refractivity (Wildman–Crippen MR) is 123 cm³/mol. The van der Waals surface area contributed by atoms with Gasteiger partial charge in [-0.05, 0) is 48.2 Å². The first-order valence-electron chi connectivity index (χ1n) is 11.2. The number of imidazole rings is 1. The number of hydrogen-bond donors (Lipinski definition) is 2. The minimum atomic E-state index is -0.932. The topological polar surface area (TPSA) is 138 Å². The van der Waals surface area contributed by atoms with Crippen LogP contribution < -0.4 is 15.2 Å². The lowest BCUT2D eigenvalue weighted by Crippen LogP contribution is -2.46. The number of fused-ring (bicyclic) bond motifs is 2. The van der Waals surface area contributed by atoms with Gasteiger partial charge in [-0.1, -0.05) is 12.1 Å². The molecule has 3 N–H and O–H groups in total. The number of aromatic amines is 1. The molecule has 0 saturated carbocycles. The van der Waals surface area contributed by atoms with E-state index in [1.807, 2.05) is 46.2 Å². The van der Waals surface area contributed by atoms with Crippen LogP contribution in [0.3, 0.4) is 0 Å². The third kappa shape index (κ3) is 4.32. The second-order valence-electron chi connectivity index (χ2n) is 8.46. The van der Waals surface area contributed by atoms with Gasteiger partial charge in [-0.15, -0.1) is 0 Å². The number of ether oxygens (including phenoxy) is 2. The summed E-state index contributed by atoms with van der Waals surface area (Å²) in [6.07, 6.45) is 0.504. The normalized spacial score (nSPS) is 16.3. The summed E-state index contributed by atoms with van der Waals surface area (Å²) < 4.78 is 10.7. The summed E-state index contributed by atoms with van der Waals surface area (Å²) in [5.74, 6) is 0.799. The standard InChI is InChI=1S/C24H24N6O4/c25-13-15-5-7-29(8-6-15)24(32)30-9-10-33-21-4-2-16(11-18(21)14-30)17-1-3-19-20(12-17)28-23(27-19)34-22(26)31/h1-4,11-12,15H,5-10,14H2,(H2,26,31)(H,27,28). The first kappa shape index (κ1) is 21.6. The molecule has 0 bridgehead atoms. The molecule has 3 amide bonds. The van der Waals surface area contributed by atoms with Crippen LogP contribution in [0.1, 0.15) is 18.4 Å². The molecule has 174 valence electrons. The monoisotopic (exact) mass is 460 g/mol. The number of nitrogens with one attached hydrogen (secondary N) is 1. The van der Waals surface area contributed by atoms with E-state index in [2.05, 4.69) is 16.0 Å². The highest BCUT2D eigenvalue weighted by Gasteiger charge is 2.28. The summed E-state index contributed by atoms with van der Waals surface area (Å²) in [6.45, 7) is 2.59. The van der Waals surface area contributed by atoms with Gasteiger partial charge in [0.25, 0.3) is 0 Å². The van der Waals surface area contributed by atoms with Crippen molar-refractivity contribution in [1.29, 1.82) is 5.26 Å². The first-order chi connectivity index (χ1) is 16.5. The quantitative estimate of drug-likeness (QED) is 0.602. The zero-order valence-corrected chi connectivity index (χ0v) is 18.5. The van der Waals surface area contributed by atoms with Crippen LogP contribution in [-0.4, -0.2) is 58.1 Å².